The summed E-state index contributed by atoms with van der Waals surface area (Å²) in [6, 6.07) is 11.1. The normalized spacial score (nSPS) is 11.5. The molecule has 0 atom stereocenters. The Labute approximate surface area is 110 Å². The molecule has 2 aromatic rings. The minimum Gasteiger partial charge on any atom is -0.275 e. The summed E-state index contributed by atoms with van der Waals surface area (Å²) in [4.78, 5) is 0. The van der Waals surface area contributed by atoms with Crippen molar-refractivity contribution in [3.8, 4) is 0 Å². The van der Waals surface area contributed by atoms with Gasteiger partial charge in [-0.25, -0.2) is 8.78 Å². The number of nitrogens with one attached hydrogen (secondary N) is 1. The van der Waals surface area contributed by atoms with Gasteiger partial charge in [0.25, 0.3) is 0 Å². The molecule has 0 aliphatic rings. The highest BCUT2D eigenvalue weighted by molar-refractivity contribution is 6.00. The van der Waals surface area contributed by atoms with Gasteiger partial charge in [-0.05, 0) is 31.5 Å². The van der Waals surface area contributed by atoms with Crippen LogP contribution in [0, 0.1) is 18.6 Å². The van der Waals surface area contributed by atoms with Crippen LogP contribution in [0.5, 0.6) is 0 Å². The molecule has 0 bridgehead atoms. The monoisotopic (exact) mass is 260 g/mol. The van der Waals surface area contributed by atoms with Crippen molar-refractivity contribution in [1.29, 1.82) is 0 Å². The van der Waals surface area contributed by atoms with Crippen molar-refractivity contribution in [3.05, 3.63) is 65.2 Å². The fourth-order valence-electron chi connectivity index (χ4n) is 1.76. The highest BCUT2D eigenvalue weighted by Gasteiger charge is 2.04. The van der Waals surface area contributed by atoms with Gasteiger partial charge in [-0.15, -0.1) is 0 Å². The molecule has 0 amide bonds. The van der Waals surface area contributed by atoms with E-state index in [0.29, 0.717) is 0 Å². The number of nitrogens with zero attached hydrogens (tertiary/aromatic N) is 1. The van der Waals surface area contributed by atoms with Crippen molar-refractivity contribution >= 4 is 11.4 Å². The quantitative estimate of drug-likeness (QED) is 0.651. The Morgan fingerprint density at radius 3 is 2.53 bits per heavy atom. The minimum atomic E-state index is -0.665. The van der Waals surface area contributed by atoms with Gasteiger partial charge in [-0.3, -0.25) is 5.43 Å². The Morgan fingerprint density at radius 1 is 1.11 bits per heavy atom. The lowest BCUT2D eigenvalue weighted by atomic mass is 10.1. The number of benzene rings is 2. The molecule has 0 unspecified atom stereocenters. The first kappa shape index (κ1) is 13.2. The van der Waals surface area contributed by atoms with Crippen molar-refractivity contribution in [2.24, 2.45) is 5.10 Å². The second kappa shape index (κ2) is 5.61. The summed E-state index contributed by atoms with van der Waals surface area (Å²) in [5.74, 6) is -1.27. The number of hydrogen-bond acceptors (Lipinski definition) is 2. The molecule has 1 N–H and O–H groups in total. The van der Waals surface area contributed by atoms with Crippen LogP contribution in [0.3, 0.4) is 0 Å². The largest absolute Gasteiger partial charge is 0.275 e. The van der Waals surface area contributed by atoms with E-state index in [2.05, 4.69) is 10.5 Å². The van der Waals surface area contributed by atoms with Crippen molar-refractivity contribution in [2.75, 3.05) is 5.43 Å². The summed E-state index contributed by atoms with van der Waals surface area (Å²) in [6.45, 7) is 3.81. The highest BCUT2D eigenvalue weighted by atomic mass is 19.1. The van der Waals surface area contributed by atoms with Gasteiger partial charge in [0.1, 0.15) is 5.82 Å². The van der Waals surface area contributed by atoms with Gasteiger partial charge in [0, 0.05) is 11.6 Å². The summed E-state index contributed by atoms with van der Waals surface area (Å²) in [7, 11) is 0. The van der Waals surface area contributed by atoms with Gasteiger partial charge in [0.15, 0.2) is 5.82 Å². The Morgan fingerprint density at radius 2 is 1.84 bits per heavy atom. The second-order valence-electron chi connectivity index (χ2n) is 4.25. The molecule has 0 radical (unpaired) electrons. The molecule has 0 aromatic heterocycles. The molecule has 0 fully saturated rings. The SMILES string of the molecule is C/C(=N/Nc1ccc(F)cc1F)c1ccccc1C. The lowest BCUT2D eigenvalue weighted by Crippen LogP contribution is -2.02. The molecule has 0 saturated heterocycles. The molecule has 0 heterocycles. The summed E-state index contributed by atoms with van der Waals surface area (Å²) in [6.07, 6.45) is 0. The molecule has 98 valence electrons. The van der Waals surface area contributed by atoms with Crippen LogP contribution in [-0.2, 0) is 0 Å². The van der Waals surface area contributed by atoms with E-state index in [9.17, 15) is 8.78 Å². The summed E-state index contributed by atoms with van der Waals surface area (Å²) in [5.41, 5.74) is 5.57. The van der Waals surface area contributed by atoms with Crippen LogP contribution in [0.4, 0.5) is 14.5 Å². The van der Waals surface area contributed by atoms with Crippen LogP contribution in [0.15, 0.2) is 47.6 Å². The summed E-state index contributed by atoms with van der Waals surface area (Å²) < 4.78 is 26.2. The molecular weight excluding hydrogens is 246 g/mol. The maximum atomic E-state index is 13.4. The van der Waals surface area contributed by atoms with Crippen molar-refractivity contribution in [1.82, 2.24) is 0 Å². The topological polar surface area (TPSA) is 24.4 Å². The van der Waals surface area contributed by atoms with Crippen LogP contribution < -0.4 is 5.43 Å². The fourth-order valence-corrected chi connectivity index (χ4v) is 1.76. The molecular formula is C15H14F2N2. The van der Waals surface area contributed by atoms with Crippen LogP contribution in [0.25, 0.3) is 0 Å². The van der Waals surface area contributed by atoms with E-state index >= 15 is 0 Å². The lowest BCUT2D eigenvalue weighted by Gasteiger charge is -2.07. The van der Waals surface area contributed by atoms with Gasteiger partial charge in [0.05, 0.1) is 11.4 Å². The Bertz CT molecular complexity index is 621. The number of hydrazone groups is 1. The zero-order valence-corrected chi connectivity index (χ0v) is 10.7. The smallest absolute Gasteiger partial charge is 0.151 e. The third kappa shape index (κ3) is 3.16. The third-order valence-corrected chi connectivity index (χ3v) is 2.81. The number of aryl methyl sites for hydroxylation is 1. The molecule has 0 saturated carbocycles. The predicted molar refractivity (Wildman–Crippen MR) is 73.4 cm³/mol. The Hall–Kier alpha value is -2.23. The molecule has 4 heteroatoms. The van der Waals surface area contributed by atoms with Gasteiger partial charge in [-0.1, -0.05) is 24.3 Å². The zero-order valence-electron chi connectivity index (χ0n) is 10.7. The van der Waals surface area contributed by atoms with Crippen molar-refractivity contribution < 1.29 is 8.78 Å². The molecule has 19 heavy (non-hydrogen) atoms. The fraction of sp³-hybridized carbons (Fsp3) is 0.133. The number of halogens is 2. The van der Waals surface area contributed by atoms with E-state index in [0.717, 1.165) is 22.9 Å². The highest BCUT2D eigenvalue weighted by Crippen LogP contribution is 2.15. The Kier molecular flexibility index (Phi) is 3.90. The molecule has 0 aliphatic heterocycles. The number of rotatable bonds is 3. The summed E-state index contributed by atoms with van der Waals surface area (Å²) >= 11 is 0. The van der Waals surface area contributed by atoms with E-state index in [1.807, 2.05) is 38.1 Å². The zero-order chi connectivity index (χ0) is 13.8. The van der Waals surface area contributed by atoms with E-state index in [1.165, 1.54) is 12.1 Å². The average Bonchev–Trinajstić information content (AvgIpc) is 2.38. The first-order chi connectivity index (χ1) is 9.08. The Balaban J connectivity index is 2.21. The van der Waals surface area contributed by atoms with E-state index in [-0.39, 0.29) is 5.69 Å². The third-order valence-electron chi connectivity index (χ3n) is 2.81. The maximum absolute atomic E-state index is 13.4. The van der Waals surface area contributed by atoms with Gasteiger partial charge in [-0.2, -0.15) is 5.10 Å². The summed E-state index contributed by atoms with van der Waals surface area (Å²) in [5, 5.41) is 4.12. The van der Waals surface area contributed by atoms with Crippen LogP contribution in [0.1, 0.15) is 18.1 Å². The van der Waals surface area contributed by atoms with Crippen LogP contribution >= 0.6 is 0 Å². The molecule has 2 aromatic carbocycles. The first-order valence-corrected chi connectivity index (χ1v) is 5.89. The predicted octanol–water partition coefficient (Wildman–Crippen LogP) is 4.11. The van der Waals surface area contributed by atoms with Gasteiger partial charge < -0.3 is 0 Å². The molecule has 0 aliphatic carbocycles. The second-order valence-corrected chi connectivity index (χ2v) is 4.25. The first-order valence-electron chi connectivity index (χ1n) is 5.89. The standard InChI is InChI=1S/C15H14F2N2/c1-10-5-3-4-6-13(10)11(2)18-19-15-8-7-12(16)9-14(15)17/h3-9,19H,1-2H3/b18-11-. The number of anilines is 1. The molecule has 2 nitrogen and oxygen atoms in total. The van der Waals surface area contributed by atoms with E-state index in [1.54, 1.807) is 0 Å². The maximum Gasteiger partial charge on any atom is 0.151 e. The van der Waals surface area contributed by atoms with Crippen molar-refractivity contribution in [2.45, 2.75) is 13.8 Å². The molecule has 2 rings (SSSR count). The van der Waals surface area contributed by atoms with Crippen LogP contribution in [0.2, 0.25) is 0 Å². The van der Waals surface area contributed by atoms with E-state index < -0.39 is 11.6 Å². The lowest BCUT2D eigenvalue weighted by molar-refractivity contribution is 0.585. The van der Waals surface area contributed by atoms with Gasteiger partial charge >= 0.3 is 0 Å². The van der Waals surface area contributed by atoms with E-state index in [4.69, 9.17) is 0 Å². The molecule has 0 spiro atoms. The average molecular weight is 260 g/mol. The van der Waals surface area contributed by atoms with Crippen molar-refractivity contribution in [3.63, 3.8) is 0 Å². The van der Waals surface area contributed by atoms with Crippen LogP contribution in [-0.4, -0.2) is 5.71 Å². The number of hydrogen-bond donors (Lipinski definition) is 1. The minimum absolute atomic E-state index is 0.148. The van der Waals surface area contributed by atoms with Gasteiger partial charge in [0.2, 0.25) is 0 Å².